The molecule has 0 radical (unpaired) electrons. The Morgan fingerprint density at radius 3 is 2.68 bits per heavy atom. The quantitative estimate of drug-likeness (QED) is 0.838. The van der Waals surface area contributed by atoms with E-state index >= 15 is 0 Å². The van der Waals surface area contributed by atoms with E-state index < -0.39 is 0 Å². The van der Waals surface area contributed by atoms with Crippen molar-refractivity contribution in [2.75, 3.05) is 39.8 Å². The number of hydrogen-bond acceptors (Lipinski definition) is 3. The zero-order chi connectivity index (χ0) is 13.7. The number of likely N-dealkylation sites (N-methyl/N-ethyl adjacent to an activating group) is 1. The number of amides is 1. The van der Waals surface area contributed by atoms with Crippen molar-refractivity contribution in [1.29, 1.82) is 0 Å². The SMILES string of the molecule is CC1CCC(N(C)CC(=O)N2CCCNCC2)CC1. The van der Waals surface area contributed by atoms with Crippen LogP contribution >= 0.6 is 0 Å². The third-order valence-electron chi connectivity index (χ3n) is 4.69. The molecular formula is C15H29N3O. The minimum atomic E-state index is 0.310. The number of nitrogens with one attached hydrogen (secondary N) is 1. The molecule has 0 aromatic rings. The third kappa shape index (κ3) is 4.46. The van der Waals surface area contributed by atoms with Gasteiger partial charge in [0.1, 0.15) is 0 Å². The van der Waals surface area contributed by atoms with Crippen LogP contribution in [0.4, 0.5) is 0 Å². The summed E-state index contributed by atoms with van der Waals surface area (Å²) in [6.07, 6.45) is 6.23. The maximum atomic E-state index is 12.3. The van der Waals surface area contributed by atoms with Crippen LogP contribution in [0.3, 0.4) is 0 Å². The van der Waals surface area contributed by atoms with E-state index in [1.807, 2.05) is 4.90 Å². The minimum absolute atomic E-state index is 0.310. The van der Waals surface area contributed by atoms with E-state index in [-0.39, 0.29) is 0 Å². The summed E-state index contributed by atoms with van der Waals surface area (Å²) in [6.45, 7) is 6.71. The van der Waals surface area contributed by atoms with Gasteiger partial charge >= 0.3 is 0 Å². The molecular weight excluding hydrogens is 238 g/mol. The smallest absolute Gasteiger partial charge is 0.236 e. The molecule has 1 saturated heterocycles. The van der Waals surface area contributed by atoms with E-state index in [0.29, 0.717) is 18.5 Å². The minimum Gasteiger partial charge on any atom is -0.340 e. The van der Waals surface area contributed by atoms with Gasteiger partial charge in [-0.25, -0.2) is 0 Å². The fraction of sp³-hybridized carbons (Fsp3) is 0.933. The molecule has 0 spiro atoms. The van der Waals surface area contributed by atoms with Crippen LogP contribution in [0.2, 0.25) is 0 Å². The Labute approximate surface area is 117 Å². The molecule has 110 valence electrons. The van der Waals surface area contributed by atoms with Gasteiger partial charge in [0, 0.05) is 25.7 Å². The van der Waals surface area contributed by atoms with E-state index in [1.165, 1.54) is 25.7 Å². The van der Waals surface area contributed by atoms with Crippen molar-refractivity contribution < 1.29 is 4.79 Å². The van der Waals surface area contributed by atoms with Gasteiger partial charge < -0.3 is 10.2 Å². The van der Waals surface area contributed by atoms with Gasteiger partial charge in [0.25, 0.3) is 0 Å². The summed E-state index contributed by atoms with van der Waals surface area (Å²) < 4.78 is 0. The highest BCUT2D eigenvalue weighted by molar-refractivity contribution is 5.78. The molecule has 0 aromatic heterocycles. The lowest BCUT2D eigenvalue weighted by atomic mass is 9.87. The first kappa shape index (κ1) is 14.8. The molecule has 0 bridgehead atoms. The second kappa shape index (κ2) is 7.25. The van der Waals surface area contributed by atoms with Crippen LogP contribution in [0.15, 0.2) is 0 Å². The molecule has 0 unspecified atom stereocenters. The van der Waals surface area contributed by atoms with Crippen molar-refractivity contribution in [3.05, 3.63) is 0 Å². The van der Waals surface area contributed by atoms with Gasteiger partial charge in [-0.05, 0) is 51.6 Å². The number of carbonyl (C=O) groups excluding carboxylic acids is 1. The number of nitrogens with zero attached hydrogens (tertiary/aromatic N) is 2. The average molecular weight is 267 g/mol. The second-order valence-corrected chi connectivity index (χ2v) is 6.31. The summed E-state index contributed by atoms with van der Waals surface area (Å²) in [5.41, 5.74) is 0. The molecule has 1 aliphatic carbocycles. The highest BCUT2D eigenvalue weighted by Gasteiger charge is 2.24. The summed E-state index contributed by atoms with van der Waals surface area (Å²) >= 11 is 0. The molecule has 1 N–H and O–H groups in total. The molecule has 1 heterocycles. The molecule has 4 heteroatoms. The normalized spacial score (nSPS) is 29.3. The Kier molecular flexibility index (Phi) is 5.64. The van der Waals surface area contributed by atoms with Gasteiger partial charge in [0.15, 0.2) is 0 Å². The van der Waals surface area contributed by atoms with Crippen LogP contribution in [0.1, 0.15) is 39.0 Å². The first-order chi connectivity index (χ1) is 9.16. The Bertz CT molecular complexity index is 279. The van der Waals surface area contributed by atoms with E-state index in [9.17, 15) is 4.79 Å². The third-order valence-corrected chi connectivity index (χ3v) is 4.69. The van der Waals surface area contributed by atoms with Crippen LogP contribution in [-0.2, 0) is 4.79 Å². The van der Waals surface area contributed by atoms with Gasteiger partial charge in [-0.3, -0.25) is 9.69 Å². The number of hydrogen-bond donors (Lipinski definition) is 1. The Hall–Kier alpha value is -0.610. The van der Waals surface area contributed by atoms with Gasteiger partial charge in [-0.15, -0.1) is 0 Å². The lowest BCUT2D eigenvalue weighted by molar-refractivity contribution is -0.132. The lowest BCUT2D eigenvalue weighted by Crippen LogP contribution is -2.44. The predicted octanol–water partition coefficient (Wildman–Crippen LogP) is 1.32. The first-order valence-corrected chi connectivity index (χ1v) is 7.85. The van der Waals surface area contributed by atoms with Crippen molar-refractivity contribution in [3.63, 3.8) is 0 Å². The zero-order valence-electron chi connectivity index (χ0n) is 12.5. The van der Waals surface area contributed by atoms with Crippen molar-refractivity contribution >= 4 is 5.91 Å². The summed E-state index contributed by atoms with van der Waals surface area (Å²) in [6, 6.07) is 0.616. The van der Waals surface area contributed by atoms with E-state index in [0.717, 1.165) is 38.5 Å². The first-order valence-electron chi connectivity index (χ1n) is 7.85. The maximum absolute atomic E-state index is 12.3. The molecule has 4 nitrogen and oxygen atoms in total. The molecule has 2 fully saturated rings. The van der Waals surface area contributed by atoms with Crippen LogP contribution in [0, 0.1) is 5.92 Å². The predicted molar refractivity (Wildman–Crippen MR) is 78.1 cm³/mol. The molecule has 1 amide bonds. The van der Waals surface area contributed by atoms with Crippen molar-refractivity contribution in [2.45, 2.75) is 45.1 Å². The average Bonchev–Trinajstić information content (AvgIpc) is 2.68. The summed E-state index contributed by atoms with van der Waals surface area (Å²) in [4.78, 5) is 16.6. The largest absolute Gasteiger partial charge is 0.340 e. The highest BCUT2D eigenvalue weighted by Crippen LogP contribution is 2.26. The topological polar surface area (TPSA) is 35.6 Å². The van der Waals surface area contributed by atoms with Crippen LogP contribution < -0.4 is 5.32 Å². The number of rotatable bonds is 3. The molecule has 19 heavy (non-hydrogen) atoms. The van der Waals surface area contributed by atoms with Gasteiger partial charge in [-0.1, -0.05) is 6.92 Å². The number of carbonyl (C=O) groups is 1. The molecule has 0 aromatic carbocycles. The Morgan fingerprint density at radius 2 is 1.95 bits per heavy atom. The fourth-order valence-corrected chi connectivity index (χ4v) is 3.22. The monoisotopic (exact) mass is 267 g/mol. The van der Waals surface area contributed by atoms with Gasteiger partial charge in [0.05, 0.1) is 6.54 Å². The van der Waals surface area contributed by atoms with E-state index in [2.05, 4.69) is 24.2 Å². The highest BCUT2D eigenvalue weighted by atomic mass is 16.2. The van der Waals surface area contributed by atoms with Crippen LogP contribution in [0.25, 0.3) is 0 Å². The summed E-state index contributed by atoms with van der Waals surface area (Å²) in [5.74, 6) is 1.18. The maximum Gasteiger partial charge on any atom is 0.236 e. The molecule has 1 saturated carbocycles. The van der Waals surface area contributed by atoms with Gasteiger partial charge in [-0.2, -0.15) is 0 Å². The van der Waals surface area contributed by atoms with Crippen LogP contribution in [-0.4, -0.2) is 61.5 Å². The zero-order valence-corrected chi connectivity index (χ0v) is 12.5. The standard InChI is InChI=1S/C15H29N3O/c1-13-4-6-14(7-5-13)17(2)12-15(19)18-10-3-8-16-9-11-18/h13-14,16H,3-12H2,1-2H3. The van der Waals surface area contributed by atoms with E-state index in [1.54, 1.807) is 0 Å². The van der Waals surface area contributed by atoms with Crippen molar-refractivity contribution in [2.24, 2.45) is 5.92 Å². The van der Waals surface area contributed by atoms with Crippen molar-refractivity contribution in [3.8, 4) is 0 Å². The Balaban J connectivity index is 1.77. The fourth-order valence-electron chi connectivity index (χ4n) is 3.22. The molecule has 2 aliphatic rings. The second-order valence-electron chi connectivity index (χ2n) is 6.31. The van der Waals surface area contributed by atoms with Crippen molar-refractivity contribution in [1.82, 2.24) is 15.1 Å². The molecule has 2 rings (SSSR count). The summed E-state index contributed by atoms with van der Waals surface area (Å²) in [7, 11) is 2.12. The molecule has 1 aliphatic heterocycles. The molecule has 0 atom stereocenters. The lowest BCUT2D eigenvalue weighted by Gasteiger charge is -2.34. The summed E-state index contributed by atoms with van der Waals surface area (Å²) in [5, 5.41) is 3.35. The van der Waals surface area contributed by atoms with E-state index in [4.69, 9.17) is 0 Å². The Morgan fingerprint density at radius 1 is 1.21 bits per heavy atom. The van der Waals surface area contributed by atoms with Gasteiger partial charge in [0.2, 0.25) is 5.91 Å². The van der Waals surface area contributed by atoms with Crippen LogP contribution in [0.5, 0.6) is 0 Å².